The minimum atomic E-state index is -0.923. The van der Waals surface area contributed by atoms with Crippen LogP contribution in [0, 0.1) is 5.92 Å². The summed E-state index contributed by atoms with van der Waals surface area (Å²) in [7, 11) is 0. The molecule has 0 saturated carbocycles. The van der Waals surface area contributed by atoms with Crippen molar-refractivity contribution in [3.63, 3.8) is 0 Å². The number of nitrogens with zero attached hydrogens (tertiary/aromatic N) is 1. The Labute approximate surface area is 258 Å². The molecule has 0 bridgehead atoms. The van der Waals surface area contributed by atoms with Crippen molar-refractivity contribution < 1.29 is 19.2 Å². The van der Waals surface area contributed by atoms with Crippen molar-refractivity contribution in [2.45, 2.75) is 69.2 Å². The summed E-state index contributed by atoms with van der Waals surface area (Å²) in [6.45, 7) is 2.01. The lowest BCUT2D eigenvalue weighted by Crippen LogP contribution is -2.59. The molecule has 3 aromatic carbocycles. The molecule has 5 rings (SSSR count). The average Bonchev–Trinajstić information content (AvgIpc) is 3.45. The fourth-order valence-electron chi connectivity index (χ4n) is 6.34. The summed E-state index contributed by atoms with van der Waals surface area (Å²) in [6.07, 6.45) is 2.89. The highest BCUT2D eigenvalue weighted by molar-refractivity contribution is 5.95. The summed E-state index contributed by atoms with van der Waals surface area (Å²) in [5, 5.41) is 9.07. The number of fused-ring (bicyclic) bond motifs is 1. The number of nitrogens with two attached hydrogens (primary N) is 1. The Kier molecular flexibility index (Phi) is 10.1. The molecule has 4 amide bonds. The number of benzene rings is 3. The maximum absolute atomic E-state index is 14.3. The molecule has 9 nitrogen and oxygen atoms in total. The molecule has 2 aliphatic rings. The molecule has 2 heterocycles. The monoisotopic (exact) mass is 595 g/mol. The van der Waals surface area contributed by atoms with E-state index in [9.17, 15) is 19.2 Å². The maximum Gasteiger partial charge on any atom is 0.251 e. The third-order valence-corrected chi connectivity index (χ3v) is 8.86. The second kappa shape index (κ2) is 14.3. The van der Waals surface area contributed by atoms with Crippen LogP contribution in [0.5, 0.6) is 0 Å². The number of hydrogen-bond acceptors (Lipinski definition) is 5. The van der Waals surface area contributed by atoms with E-state index >= 15 is 0 Å². The Morgan fingerprint density at radius 3 is 2.00 bits per heavy atom. The lowest BCUT2D eigenvalue weighted by Gasteiger charge is -2.33. The first-order chi connectivity index (χ1) is 21.4. The molecule has 2 fully saturated rings. The van der Waals surface area contributed by atoms with Gasteiger partial charge in [0.2, 0.25) is 17.7 Å². The summed E-state index contributed by atoms with van der Waals surface area (Å²) in [6, 6.07) is 25.5. The largest absolute Gasteiger partial charge is 0.352 e. The van der Waals surface area contributed by atoms with E-state index in [1.165, 1.54) is 0 Å². The molecule has 0 spiro atoms. The van der Waals surface area contributed by atoms with Gasteiger partial charge in [-0.3, -0.25) is 19.2 Å². The van der Waals surface area contributed by atoms with E-state index in [1.807, 2.05) is 73.7 Å². The zero-order valence-electron chi connectivity index (χ0n) is 25.0. The number of rotatable bonds is 10. The van der Waals surface area contributed by atoms with Gasteiger partial charge >= 0.3 is 0 Å². The Morgan fingerprint density at radius 2 is 1.41 bits per heavy atom. The quantitative estimate of drug-likeness (QED) is 0.285. The predicted molar refractivity (Wildman–Crippen MR) is 168 cm³/mol. The topological polar surface area (TPSA) is 134 Å². The normalized spacial score (nSPS) is 22.1. The lowest BCUT2D eigenvalue weighted by molar-refractivity contribution is -0.143. The van der Waals surface area contributed by atoms with Crippen molar-refractivity contribution in [3.8, 4) is 0 Å². The van der Waals surface area contributed by atoms with Gasteiger partial charge in [-0.25, -0.2) is 0 Å². The Morgan fingerprint density at radius 1 is 0.841 bits per heavy atom. The number of carbonyl (C=O) groups is 4. The van der Waals surface area contributed by atoms with Crippen molar-refractivity contribution >= 4 is 23.6 Å². The van der Waals surface area contributed by atoms with Crippen molar-refractivity contribution in [2.24, 2.45) is 11.7 Å². The van der Waals surface area contributed by atoms with Crippen LogP contribution in [-0.4, -0.2) is 59.2 Å². The van der Waals surface area contributed by atoms with Crippen LogP contribution in [0.25, 0.3) is 0 Å². The second-order valence-electron chi connectivity index (χ2n) is 11.7. The number of nitrogens with one attached hydrogen (secondary N) is 3. The SMILES string of the molecule is CCC(N)C(=O)NC1C(=O)N2C(CCC1CNC(=O)c1ccccc1)CCC2C(=O)NC(c1ccccc1)c1ccccc1. The highest BCUT2D eigenvalue weighted by Gasteiger charge is 2.48. The molecule has 3 aromatic rings. The molecule has 2 aliphatic heterocycles. The van der Waals surface area contributed by atoms with E-state index in [4.69, 9.17) is 5.73 Å². The van der Waals surface area contributed by atoms with Crippen LogP contribution in [0.3, 0.4) is 0 Å². The lowest BCUT2D eigenvalue weighted by atomic mass is 9.92. The van der Waals surface area contributed by atoms with Crippen LogP contribution >= 0.6 is 0 Å². The van der Waals surface area contributed by atoms with Gasteiger partial charge in [0, 0.05) is 24.1 Å². The molecule has 9 heteroatoms. The fraction of sp³-hybridized carbons (Fsp3) is 0.371. The third kappa shape index (κ3) is 7.00. The molecule has 5 N–H and O–H groups in total. The van der Waals surface area contributed by atoms with Gasteiger partial charge in [0.25, 0.3) is 5.91 Å². The zero-order valence-corrected chi connectivity index (χ0v) is 25.0. The van der Waals surface area contributed by atoms with E-state index in [0.29, 0.717) is 37.7 Å². The molecular weight excluding hydrogens is 554 g/mol. The highest BCUT2D eigenvalue weighted by atomic mass is 16.2. The summed E-state index contributed by atoms with van der Waals surface area (Å²) < 4.78 is 0. The van der Waals surface area contributed by atoms with Crippen LogP contribution < -0.4 is 21.7 Å². The first kappa shape index (κ1) is 30.9. The fourth-order valence-corrected chi connectivity index (χ4v) is 6.34. The molecule has 44 heavy (non-hydrogen) atoms. The number of hydrogen-bond donors (Lipinski definition) is 4. The summed E-state index contributed by atoms with van der Waals surface area (Å²) >= 11 is 0. The van der Waals surface area contributed by atoms with Gasteiger partial charge in [0.05, 0.1) is 12.1 Å². The van der Waals surface area contributed by atoms with Crippen molar-refractivity contribution in [1.82, 2.24) is 20.9 Å². The highest BCUT2D eigenvalue weighted by Crippen LogP contribution is 2.35. The molecule has 5 atom stereocenters. The maximum atomic E-state index is 14.3. The minimum Gasteiger partial charge on any atom is -0.352 e. The van der Waals surface area contributed by atoms with Crippen LogP contribution in [0.1, 0.15) is 66.6 Å². The predicted octanol–water partition coefficient (Wildman–Crippen LogP) is 3.31. The van der Waals surface area contributed by atoms with Crippen LogP contribution in [0.4, 0.5) is 0 Å². The average molecular weight is 596 g/mol. The Bertz CT molecular complexity index is 1400. The van der Waals surface area contributed by atoms with E-state index in [0.717, 1.165) is 11.1 Å². The van der Waals surface area contributed by atoms with Gasteiger partial charge in [0.15, 0.2) is 0 Å². The van der Waals surface area contributed by atoms with E-state index in [1.54, 1.807) is 29.2 Å². The van der Waals surface area contributed by atoms with Gasteiger partial charge in [-0.2, -0.15) is 0 Å². The molecule has 2 saturated heterocycles. The second-order valence-corrected chi connectivity index (χ2v) is 11.7. The van der Waals surface area contributed by atoms with Gasteiger partial charge < -0.3 is 26.6 Å². The van der Waals surface area contributed by atoms with Gasteiger partial charge in [-0.05, 0) is 55.4 Å². The van der Waals surface area contributed by atoms with Crippen LogP contribution in [0.15, 0.2) is 91.0 Å². The molecule has 5 unspecified atom stereocenters. The minimum absolute atomic E-state index is 0.140. The molecule has 0 radical (unpaired) electrons. The molecule has 0 aliphatic carbocycles. The summed E-state index contributed by atoms with van der Waals surface area (Å²) in [5.74, 6) is -1.57. The summed E-state index contributed by atoms with van der Waals surface area (Å²) in [5.41, 5.74) is 8.44. The standard InChI is InChI=1S/C35H41N5O4/c1-2-28(36)33(42)39-31-26(22-37-32(41)25-16-10-5-11-17-25)18-19-27-20-21-29(40(27)35(31)44)34(43)38-30(23-12-6-3-7-13-23)24-14-8-4-9-15-24/h3-17,26-31H,2,18-22,36H2,1H3,(H,37,41)(H,38,43)(H,39,42). The number of amides is 4. The molecule has 0 aromatic heterocycles. The van der Waals surface area contributed by atoms with Crippen LogP contribution in [-0.2, 0) is 14.4 Å². The smallest absolute Gasteiger partial charge is 0.251 e. The van der Waals surface area contributed by atoms with Crippen molar-refractivity contribution in [2.75, 3.05) is 6.54 Å². The van der Waals surface area contributed by atoms with Gasteiger partial charge in [-0.1, -0.05) is 85.8 Å². The Balaban J connectivity index is 1.37. The molecule has 230 valence electrons. The third-order valence-electron chi connectivity index (χ3n) is 8.86. The number of carbonyl (C=O) groups excluding carboxylic acids is 4. The Hall–Kier alpha value is -4.50. The van der Waals surface area contributed by atoms with E-state index < -0.39 is 24.0 Å². The van der Waals surface area contributed by atoms with E-state index in [-0.39, 0.29) is 42.3 Å². The van der Waals surface area contributed by atoms with Gasteiger partial charge in [0.1, 0.15) is 12.1 Å². The molecular formula is C35H41N5O4. The zero-order chi connectivity index (χ0) is 31.1. The summed E-state index contributed by atoms with van der Waals surface area (Å²) in [4.78, 5) is 55.8. The first-order valence-corrected chi connectivity index (χ1v) is 15.5. The van der Waals surface area contributed by atoms with Crippen molar-refractivity contribution in [3.05, 3.63) is 108 Å². The van der Waals surface area contributed by atoms with Crippen molar-refractivity contribution in [1.29, 1.82) is 0 Å². The first-order valence-electron chi connectivity index (χ1n) is 15.5. The van der Waals surface area contributed by atoms with E-state index in [2.05, 4.69) is 16.0 Å². The van der Waals surface area contributed by atoms with Gasteiger partial charge in [-0.15, -0.1) is 0 Å². The van der Waals surface area contributed by atoms with Crippen LogP contribution in [0.2, 0.25) is 0 Å².